The van der Waals surface area contributed by atoms with E-state index in [-0.39, 0.29) is 23.2 Å². The van der Waals surface area contributed by atoms with Crippen LogP contribution >= 0.6 is 34.8 Å². The van der Waals surface area contributed by atoms with Gasteiger partial charge in [-0.2, -0.15) is 0 Å². The molecule has 7 nitrogen and oxygen atoms in total. The van der Waals surface area contributed by atoms with E-state index >= 15 is 0 Å². The van der Waals surface area contributed by atoms with Gasteiger partial charge < -0.3 is 10.2 Å². The predicted octanol–water partition coefficient (Wildman–Crippen LogP) is 5.78. The Balaban J connectivity index is 2.06. The van der Waals surface area contributed by atoms with Crippen molar-refractivity contribution >= 4 is 62.3 Å². The van der Waals surface area contributed by atoms with Gasteiger partial charge in [-0.3, -0.25) is 13.9 Å². The largest absolute Gasteiger partial charge is 0.352 e. The van der Waals surface area contributed by atoms with Crippen LogP contribution in [-0.2, 0) is 26.2 Å². The Morgan fingerprint density at radius 2 is 1.47 bits per heavy atom. The second kappa shape index (κ2) is 12.8. The molecule has 38 heavy (non-hydrogen) atoms. The van der Waals surface area contributed by atoms with Gasteiger partial charge in [-0.05, 0) is 63.2 Å². The lowest BCUT2D eigenvalue weighted by molar-refractivity contribution is -0.139. The molecule has 0 aliphatic rings. The zero-order chi connectivity index (χ0) is 28.0. The topological polar surface area (TPSA) is 86.8 Å². The molecule has 0 aliphatic carbocycles. The second-order valence-electron chi connectivity index (χ2n) is 8.87. The number of amides is 2. The van der Waals surface area contributed by atoms with Crippen molar-refractivity contribution in [3.8, 4) is 0 Å². The molecule has 2 amide bonds. The highest BCUT2D eigenvalue weighted by atomic mass is 35.5. The number of rotatable bonds is 10. The summed E-state index contributed by atoms with van der Waals surface area (Å²) in [6, 6.07) is 17.7. The molecule has 0 heterocycles. The fourth-order valence-electron chi connectivity index (χ4n) is 3.72. The number of carbonyl (C=O) groups is 2. The maximum atomic E-state index is 13.9. The van der Waals surface area contributed by atoms with Crippen molar-refractivity contribution in [1.82, 2.24) is 10.2 Å². The third kappa shape index (κ3) is 7.20. The Morgan fingerprint density at radius 1 is 0.868 bits per heavy atom. The number of hydrogen-bond acceptors (Lipinski definition) is 4. The van der Waals surface area contributed by atoms with Crippen molar-refractivity contribution in [3.05, 3.63) is 93.4 Å². The summed E-state index contributed by atoms with van der Waals surface area (Å²) in [6.07, 6.45) is 0. The van der Waals surface area contributed by atoms with Crippen LogP contribution in [0.4, 0.5) is 5.69 Å². The van der Waals surface area contributed by atoms with Gasteiger partial charge in [0.05, 0.1) is 10.6 Å². The molecule has 3 rings (SSSR count). The smallest absolute Gasteiger partial charge is 0.264 e. The van der Waals surface area contributed by atoms with Crippen LogP contribution in [-0.4, -0.2) is 43.8 Å². The van der Waals surface area contributed by atoms with Gasteiger partial charge in [0, 0.05) is 33.2 Å². The van der Waals surface area contributed by atoms with Crippen molar-refractivity contribution in [2.45, 2.75) is 44.3 Å². The molecule has 202 valence electrons. The van der Waals surface area contributed by atoms with E-state index in [0.717, 1.165) is 4.31 Å². The van der Waals surface area contributed by atoms with Gasteiger partial charge in [0.15, 0.2) is 0 Å². The first kappa shape index (κ1) is 29.8. The summed E-state index contributed by atoms with van der Waals surface area (Å²) in [5.74, 6) is -1.04. The number of halogens is 3. The number of carbonyl (C=O) groups excluding carboxylic acids is 2. The summed E-state index contributed by atoms with van der Waals surface area (Å²) < 4.78 is 28.4. The van der Waals surface area contributed by atoms with E-state index in [9.17, 15) is 18.0 Å². The molecule has 0 saturated heterocycles. The van der Waals surface area contributed by atoms with Crippen molar-refractivity contribution in [1.29, 1.82) is 0 Å². The minimum atomic E-state index is -4.18. The van der Waals surface area contributed by atoms with Crippen LogP contribution < -0.4 is 9.62 Å². The monoisotopic (exact) mass is 595 g/mol. The van der Waals surface area contributed by atoms with E-state index in [4.69, 9.17) is 34.8 Å². The third-order valence-electron chi connectivity index (χ3n) is 5.69. The van der Waals surface area contributed by atoms with E-state index < -0.39 is 34.4 Å². The molecular weight excluding hydrogens is 569 g/mol. The van der Waals surface area contributed by atoms with Crippen LogP contribution in [0, 0.1) is 0 Å². The van der Waals surface area contributed by atoms with Crippen LogP contribution in [0.1, 0.15) is 26.3 Å². The molecule has 0 aromatic heterocycles. The third-order valence-corrected chi connectivity index (χ3v) is 8.43. The van der Waals surface area contributed by atoms with Crippen LogP contribution in [0.2, 0.25) is 15.1 Å². The maximum Gasteiger partial charge on any atom is 0.264 e. The minimum Gasteiger partial charge on any atom is -0.352 e. The maximum absolute atomic E-state index is 13.9. The van der Waals surface area contributed by atoms with Crippen molar-refractivity contribution in [3.63, 3.8) is 0 Å². The second-order valence-corrected chi connectivity index (χ2v) is 12.0. The normalized spacial score (nSPS) is 12.2. The molecule has 1 atom stereocenters. The SMILES string of the molecule is CC(C)NC(=O)C(C)N(Cc1c(Cl)cccc1Cl)C(=O)CN(c1cccc(Cl)c1)S(=O)(=O)c1ccccc1. The van der Waals surface area contributed by atoms with E-state index in [1.54, 1.807) is 75.4 Å². The van der Waals surface area contributed by atoms with Gasteiger partial charge in [0.25, 0.3) is 10.0 Å². The lowest BCUT2D eigenvalue weighted by atomic mass is 10.1. The van der Waals surface area contributed by atoms with Gasteiger partial charge in [0.2, 0.25) is 11.8 Å². The van der Waals surface area contributed by atoms with Gasteiger partial charge in [0.1, 0.15) is 12.6 Å². The van der Waals surface area contributed by atoms with E-state index in [0.29, 0.717) is 20.6 Å². The van der Waals surface area contributed by atoms with Crippen LogP contribution in [0.5, 0.6) is 0 Å². The first-order valence-electron chi connectivity index (χ1n) is 11.8. The highest BCUT2D eigenvalue weighted by Crippen LogP contribution is 2.29. The van der Waals surface area contributed by atoms with Gasteiger partial charge in [-0.25, -0.2) is 8.42 Å². The molecule has 0 spiro atoms. The number of benzene rings is 3. The molecule has 1 N–H and O–H groups in total. The molecule has 3 aromatic carbocycles. The standard InChI is InChI=1S/C27H28Cl3N3O4S/c1-18(2)31-27(35)19(3)32(16-23-24(29)13-8-14-25(23)30)26(34)17-33(21-10-7-9-20(28)15-21)38(36,37)22-11-5-4-6-12-22/h4-15,18-19H,16-17H2,1-3H3,(H,31,35). The molecule has 0 radical (unpaired) electrons. The number of anilines is 1. The Labute approximate surface area is 238 Å². The molecule has 1 unspecified atom stereocenters. The molecule has 0 bridgehead atoms. The number of nitrogens with one attached hydrogen (secondary N) is 1. The summed E-state index contributed by atoms with van der Waals surface area (Å²) in [5, 5.41) is 3.72. The Hall–Kier alpha value is -2.78. The summed E-state index contributed by atoms with van der Waals surface area (Å²) in [4.78, 5) is 28.1. The van der Waals surface area contributed by atoms with E-state index in [1.807, 2.05) is 0 Å². The summed E-state index contributed by atoms with van der Waals surface area (Å²) in [5.41, 5.74) is 0.637. The Kier molecular flexibility index (Phi) is 10.1. The average molecular weight is 597 g/mol. The van der Waals surface area contributed by atoms with Crippen LogP contribution in [0.3, 0.4) is 0 Å². The molecule has 0 saturated carbocycles. The number of sulfonamides is 1. The summed E-state index contributed by atoms with van der Waals surface area (Å²) >= 11 is 18.9. The van der Waals surface area contributed by atoms with Crippen molar-refractivity contribution in [2.24, 2.45) is 0 Å². The predicted molar refractivity (Wildman–Crippen MR) is 152 cm³/mol. The Morgan fingerprint density at radius 3 is 2.05 bits per heavy atom. The van der Waals surface area contributed by atoms with Gasteiger partial charge in [-0.15, -0.1) is 0 Å². The number of hydrogen-bond donors (Lipinski definition) is 1. The van der Waals surface area contributed by atoms with Gasteiger partial charge >= 0.3 is 0 Å². The molecule has 0 fully saturated rings. The molecule has 3 aromatic rings. The summed E-state index contributed by atoms with van der Waals surface area (Å²) in [7, 11) is -4.18. The lowest BCUT2D eigenvalue weighted by Crippen LogP contribution is -2.52. The zero-order valence-electron chi connectivity index (χ0n) is 21.1. The first-order valence-corrected chi connectivity index (χ1v) is 14.3. The fourth-order valence-corrected chi connectivity index (χ4v) is 5.85. The van der Waals surface area contributed by atoms with Crippen LogP contribution in [0.25, 0.3) is 0 Å². The molecule has 11 heteroatoms. The van der Waals surface area contributed by atoms with Crippen LogP contribution in [0.15, 0.2) is 77.7 Å². The van der Waals surface area contributed by atoms with Crippen molar-refractivity contribution < 1.29 is 18.0 Å². The average Bonchev–Trinajstić information content (AvgIpc) is 2.86. The summed E-state index contributed by atoms with van der Waals surface area (Å²) in [6.45, 7) is 4.46. The zero-order valence-corrected chi connectivity index (χ0v) is 24.2. The fraction of sp³-hybridized carbons (Fsp3) is 0.259. The quantitative estimate of drug-likeness (QED) is 0.321. The van der Waals surface area contributed by atoms with E-state index in [2.05, 4.69) is 5.32 Å². The van der Waals surface area contributed by atoms with E-state index in [1.165, 1.54) is 23.1 Å². The van der Waals surface area contributed by atoms with Crippen molar-refractivity contribution in [2.75, 3.05) is 10.8 Å². The van der Waals surface area contributed by atoms with Gasteiger partial charge in [-0.1, -0.05) is 65.1 Å². The number of nitrogens with zero attached hydrogens (tertiary/aromatic N) is 2. The molecule has 0 aliphatic heterocycles. The highest BCUT2D eigenvalue weighted by molar-refractivity contribution is 7.92. The first-order chi connectivity index (χ1) is 17.9. The highest BCUT2D eigenvalue weighted by Gasteiger charge is 2.33. The minimum absolute atomic E-state index is 0.000858. The Bertz CT molecular complexity index is 1380. The molecular formula is C27H28Cl3N3O4S. The lowest BCUT2D eigenvalue weighted by Gasteiger charge is -2.32.